The molecule has 0 aliphatic rings. The number of aliphatic imine (C=N–C) groups is 1. The monoisotopic (exact) mass is 295 g/mol. The van der Waals surface area contributed by atoms with Crippen molar-refractivity contribution in [2.75, 3.05) is 0 Å². The van der Waals surface area contributed by atoms with Crippen molar-refractivity contribution in [2.45, 2.75) is 52.7 Å². The van der Waals surface area contributed by atoms with Crippen molar-refractivity contribution in [3.63, 3.8) is 0 Å². The largest absolute Gasteiger partial charge is 0.454 e. The summed E-state index contributed by atoms with van der Waals surface area (Å²) in [6.07, 6.45) is 2.08. The molecule has 1 heterocycles. The summed E-state index contributed by atoms with van der Waals surface area (Å²) in [5.41, 5.74) is -1.41. The lowest BCUT2D eigenvalue weighted by molar-refractivity contribution is -0.146. The quantitative estimate of drug-likeness (QED) is 0.417. The van der Waals surface area contributed by atoms with Crippen molar-refractivity contribution in [2.24, 2.45) is 4.99 Å². The zero-order chi connectivity index (χ0) is 16.3. The molecule has 0 aromatic carbocycles. The number of esters is 1. The molecular weight excluding hydrogens is 274 g/mol. The van der Waals surface area contributed by atoms with Gasteiger partial charge in [0.2, 0.25) is 5.84 Å². The van der Waals surface area contributed by atoms with Gasteiger partial charge in [0.25, 0.3) is 0 Å². The highest BCUT2D eigenvalue weighted by Gasteiger charge is 2.25. The second-order valence-corrected chi connectivity index (χ2v) is 6.37. The molecule has 0 aliphatic carbocycles. The summed E-state index contributed by atoms with van der Waals surface area (Å²) >= 11 is 0. The SMILES string of the molecule is CC(C)(C)OC(=O)N=C(C(=O)OC(C)(C)C)n1cccn1. The van der Waals surface area contributed by atoms with Gasteiger partial charge in [-0.25, -0.2) is 14.3 Å². The lowest BCUT2D eigenvalue weighted by Gasteiger charge is -2.20. The Morgan fingerprint density at radius 3 is 2.05 bits per heavy atom. The number of carbonyl (C=O) groups is 2. The van der Waals surface area contributed by atoms with Gasteiger partial charge in [-0.15, -0.1) is 4.99 Å². The molecule has 0 radical (unpaired) electrons. The Bertz CT molecular complexity index is 534. The average Bonchev–Trinajstić information content (AvgIpc) is 2.73. The van der Waals surface area contributed by atoms with Crippen molar-refractivity contribution in [1.29, 1.82) is 0 Å². The molecule has 0 fully saturated rings. The van der Waals surface area contributed by atoms with Crippen molar-refractivity contribution >= 4 is 17.9 Å². The second kappa shape index (κ2) is 6.07. The van der Waals surface area contributed by atoms with Crippen LogP contribution in [0.25, 0.3) is 0 Å². The molecular formula is C14H21N3O4. The first kappa shape index (κ1) is 16.9. The summed E-state index contributed by atoms with van der Waals surface area (Å²) in [6.45, 7) is 10.3. The number of hydrogen-bond donors (Lipinski definition) is 0. The van der Waals surface area contributed by atoms with Crippen LogP contribution in [0, 0.1) is 0 Å². The van der Waals surface area contributed by atoms with Crippen LogP contribution >= 0.6 is 0 Å². The topological polar surface area (TPSA) is 82.8 Å². The third-order valence-corrected chi connectivity index (χ3v) is 1.89. The fraction of sp³-hybridized carbons (Fsp3) is 0.571. The first-order valence-electron chi connectivity index (χ1n) is 6.53. The number of nitrogens with zero attached hydrogens (tertiary/aromatic N) is 3. The smallest absolute Gasteiger partial charge is 0.436 e. The van der Waals surface area contributed by atoms with E-state index in [0.29, 0.717) is 0 Å². The fourth-order valence-electron chi connectivity index (χ4n) is 1.28. The van der Waals surface area contributed by atoms with E-state index in [1.165, 1.54) is 12.4 Å². The molecule has 1 aromatic heterocycles. The maximum Gasteiger partial charge on any atom is 0.436 e. The van der Waals surface area contributed by atoms with E-state index in [4.69, 9.17) is 9.47 Å². The normalized spacial score (nSPS) is 13.0. The predicted molar refractivity (Wildman–Crippen MR) is 77.1 cm³/mol. The third kappa shape index (κ3) is 6.20. The predicted octanol–water partition coefficient (Wildman–Crippen LogP) is 2.41. The van der Waals surface area contributed by atoms with Crippen molar-refractivity contribution in [3.8, 4) is 0 Å². The Balaban J connectivity index is 3.04. The van der Waals surface area contributed by atoms with Crippen LogP contribution in [0.2, 0.25) is 0 Å². The number of carbonyl (C=O) groups excluding carboxylic acids is 2. The van der Waals surface area contributed by atoms with Crippen LogP contribution in [0.4, 0.5) is 4.79 Å². The summed E-state index contributed by atoms with van der Waals surface area (Å²) in [7, 11) is 0. The number of ether oxygens (including phenoxy) is 2. The van der Waals surface area contributed by atoms with Gasteiger partial charge >= 0.3 is 12.1 Å². The van der Waals surface area contributed by atoms with Crippen molar-refractivity contribution in [3.05, 3.63) is 18.5 Å². The maximum atomic E-state index is 12.1. The third-order valence-electron chi connectivity index (χ3n) is 1.89. The summed E-state index contributed by atoms with van der Waals surface area (Å²) in [6, 6.07) is 1.61. The molecule has 7 heteroatoms. The highest BCUT2D eigenvalue weighted by Crippen LogP contribution is 2.10. The molecule has 0 saturated carbocycles. The van der Waals surface area contributed by atoms with Crippen LogP contribution in [0.15, 0.2) is 23.5 Å². The molecule has 0 aliphatic heterocycles. The van der Waals surface area contributed by atoms with Gasteiger partial charge in [-0.2, -0.15) is 5.10 Å². The molecule has 0 spiro atoms. The van der Waals surface area contributed by atoms with E-state index >= 15 is 0 Å². The van der Waals surface area contributed by atoms with Crippen LogP contribution in [-0.2, 0) is 14.3 Å². The summed E-state index contributed by atoms with van der Waals surface area (Å²) in [5.74, 6) is -0.999. The lowest BCUT2D eigenvalue weighted by Crippen LogP contribution is -2.34. The summed E-state index contributed by atoms with van der Waals surface area (Å²) < 4.78 is 11.5. The number of rotatable bonds is 0. The van der Waals surface area contributed by atoms with E-state index in [2.05, 4.69) is 10.1 Å². The Labute approximate surface area is 123 Å². The average molecular weight is 295 g/mol. The van der Waals surface area contributed by atoms with Crippen LogP contribution in [0.1, 0.15) is 41.5 Å². The minimum absolute atomic E-state index is 0.246. The van der Waals surface area contributed by atoms with Gasteiger partial charge in [-0.3, -0.25) is 0 Å². The molecule has 116 valence electrons. The van der Waals surface area contributed by atoms with Gasteiger partial charge < -0.3 is 9.47 Å². The van der Waals surface area contributed by atoms with Crippen molar-refractivity contribution in [1.82, 2.24) is 9.78 Å². The highest BCUT2D eigenvalue weighted by molar-refractivity contribution is 6.37. The fourth-order valence-corrected chi connectivity index (χ4v) is 1.28. The Hall–Kier alpha value is -2.18. The first-order chi connectivity index (χ1) is 9.48. The Kier molecular flexibility index (Phi) is 4.88. The maximum absolute atomic E-state index is 12.1. The van der Waals surface area contributed by atoms with E-state index in [-0.39, 0.29) is 5.84 Å². The van der Waals surface area contributed by atoms with Gasteiger partial charge in [0.15, 0.2) is 0 Å². The van der Waals surface area contributed by atoms with E-state index in [0.717, 1.165) is 4.68 Å². The van der Waals surface area contributed by atoms with Crippen LogP contribution in [-0.4, -0.2) is 38.9 Å². The van der Waals surface area contributed by atoms with Crippen molar-refractivity contribution < 1.29 is 19.1 Å². The standard InChI is InChI=1S/C14H21N3O4/c1-13(2,3)20-11(18)10(17-9-7-8-15-17)16-12(19)21-14(4,5)6/h7-9H,1-6H3. The zero-order valence-electron chi connectivity index (χ0n) is 13.2. The second-order valence-electron chi connectivity index (χ2n) is 6.37. The molecule has 1 amide bonds. The van der Waals surface area contributed by atoms with Gasteiger partial charge in [0.05, 0.1) is 0 Å². The summed E-state index contributed by atoms with van der Waals surface area (Å²) in [4.78, 5) is 27.6. The highest BCUT2D eigenvalue weighted by atomic mass is 16.6. The Morgan fingerprint density at radius 1 is 1.05 bits per heavy atom. The molecule has 1 rings (SSSR count). The lowest BCUT2D eigenvalue weighted by atomic mass is 10.2. The number of amides is 1. The van der Waals surface area contributed by atoms with Crippen LogP contribution < -0.4 is 0 Å². The first-order valence-corrected chi connectivity index (χ1v) is 6.53. The number of hydrogen-bond acceptors (Lipinski definition) is 5. The molecule has 0 N–H and O–H groups in total. The molecule has 0 atom stereocenters. The summed E-state index contributed by atoms with van der Waals surface area (Å²) in [5, 5.41) is 3.89. The molecule has 21 heavy (non-hydrogen) atoms. The van der Waals surface area contributed by atoms with Gasteiger partial charge in [0.1, 0.15) is 11.2 Å². The van der Waals surface area contributed by atoms with E-state index in [1.807, 2.05) is 0 Å². The van der Waals surface area contributed by atoms with Gasteiger partial charge in [0, 0.05) is 12.4 Å². The molecule has 0 bridgehead atoms. The van der Waals surface area contributed by atoms with Crippen LogP contribution in [0.5, 0.6) is 0 Å². The molecule has 0 unspecified atom stereocenters. The zero-order valence-corrected chi connectivity index (χ0v) is 13.2. The molecule has 1 aromatic rings. The van der Waals surface area contributed by atoms with E-state index in [1.54, 1.807) is 47.6 Å². The molecule has 7 nitrogen and oxygen atoms in total. The van der Waals surface area contributed by atoms with E-state index < -0.39 is 23.3 Å². The minimum atomic E-state index is -0.876. The minimum Gasteiger partial charge on any atom is -0.454 e. The van der Waals surface area contributed by atoms with E-state index in [9.17, 15) is 9.59 Å². The van der Waals surface area contributed by atoms with Gasteiger partial charge in [-0.05, 0) is 47.6 Å². The Morgan fingerprint density at radius 2 is 1.62 bits per heavy atom. The number of aromatic nitrogens is 2. The van der Waals surface area contributed by atoms with Gasteiger partial charge in [-0.1, -0.05) is 0 Å². The molecule has 0 saturated heterocycles. The van der Waals surface area contributed by atoms with Crippen LogP contribution in [0.3, 0.4) is 0 Å².